The number of ether oxygens (including phenoxy) is 3. The first-order valence-corrected chi connectivity index (χ1v) is 16.0. The molecule has 238 valence electrons. The Morgan fingerprint density at radius 3 is 2.20 bits per heavy atom. The standard InChI is InChI=1S/C33H43N3O7S/c1-7-9-19-34-33(38)29(8-2)35(22-25-11-10-12-27(20-25)41-4)32(37)23-36(26-15-13-24(3)14-16-26)44(39,40)28-17-18-30(42-5)31(21-28)43-6/h10-18,20-21,29H,7-9,19,22-23H2,1-6H3,(H,34,38)/t29-/m0/s1. The molecule has 0 spiro atoms. The highest BCUT2D eigenvalue weighted by atomic mass is 32.2. The summed E-state index contributed by atoms with van der Waals surface area (Å²) in [4.78, 5) is 29.0. The zero-order valence-corrected chi connectivity index (χ0v) is 27.1. The monoisotopic (exact) mass is 625 g/mol. The summed E-state index contributed by atoms with van der Waals surface area (Å²) in [5, 5.41) is 2.93. The fourth-order valence-electron chi connectivity index (χ4n) is 4.74. The van der Waals surface area contributed by atoms with Crippen LogP contribution in [-0.2, 0) is 26.2 Å². The Balaban J connectivity index is 2.08. The molecule has 0 radical (unpaired) electrons. The van der Waals surface area contributed by atoms with Crippen molar-refractivity contribution in [1.82, 2.24) is 10.2 Å². The van der Waals surface area contributed by atoms with Crippen molar-refractivity contribution in [3.05, 3.63) is 77.9 Å². The lowest BCUT2D eigenvalue weighted by Crippen LogP contribution is -2.52. The summed E-state index contributed by atoms with van der Waals surface area (Å²) < 4.78 is 45.5. The molecule has 1 N–H and O–H groups in total. The molecule has 0 saturated heterocycles. The zero-order valence-electron chi connectivity index (χ0n) is 26.3. The van der Waals surface area contributed by atoms with Crippen LogP contribution in [-0.4, -0.2) is 65.6 Å². The van der Waals surface area contributed by atoms with Gasteiger partial charge in [0.15, 0.2) is 11.5 Å². The zero-order chi connectivity index (χ0) is 32.3. The van der Waals surface area contributed by atoms with Crippen molar-refractivity contribution >= 4 is 27.5 Å². The molecular formula is C33H43N3O7S. The Kier molecular flexibility index (Phi) is 12.5. The average Bonchev–Trinajstić information content (AvgIpc) is 3.03. The van der Waals surface area contributed by atoms with Gasteiger partial charge in [-0.3, -0.25) is 13.9 Å². The number of amides is 2. The van der Waals surface area contributed by atoms with Crippen LogP contribution >= 0.6 is 0 Å². The first-order chi connectivity index (χ1) is 21.1. The number of hydrogen-bond donors (Lipinski definition) is 1. The Morgan fingerprint density at radius 2 is 1.59 bits per heavy atom. The van der Waals surface area contributed by atoms with Crippen LogP contribution < -0.4 is 23.8 Å². The first kappa shape index (κ1) is 34.2. The number of hydrogen-bond acceptors (Lipinski definition) is 7. The highest BCUT2D eigenvalue weighted by molar-refractivity contribution is 7.92. The SMILES string of the molecule is CCCCNC(=O)[C@H](CC)N(Cc1cccc(OC)c1)C(=O)CN(c1ccc(C)cc1)S(=O)(=O)c1ccc(OC)c(OC)c1. The van der Waals surface area contributed by atoms with Crippen LogP contribution in [0, 0.1) is 6.92 Å². The summed E-state index contributed by atoms with van der Waals surface area (Å²) in [6.45, 7) is 5.77. The third-order valence-electron chi connectivity index (χ3n) is 7.25. The Morgan fingerprint density at radius 1 is 0.886 bits per heavy atom. The van der Waals surface area contributed by atoms with Crippen molar-refractivity contribution in [1.29, 1.82) is 0 Å². The Labute approximate surface area is 261 Å². The van der Waals surface area contributed by atoms with Gasteiger partial charge in [-0.05, 0) is 61.7 Å². The first-order valence-electron chi connectivity index (χ1n) is 14.6. The van der Waals surface area contributed by atoms with E-state index in [4.69, 9.17) is 14.2 Å². The van der Waals surface area contributed by atoms with Crippen LogP contribution in [0.3, 0.4) is 0 Å². The van der Waals surface area contributed by atoms with Gasteiger partial charge in [0, 0.05) is 19.2 Å². The lowest BCUT2D eigenvalue weighted by molar-refractivity contribution is -0.140. The maximum atomic E-state index is 14.3. The van der Waals surface area contributed by atoms with Crippen molar-refractivity contribution in [2.24, 2.45) is 0 Å². The van der Waals surface area contributed by atoms with E-state index in [2.05, 4.69) is 5.32 Å². The minimum absolute atomic E-state index is 0.0766. The number of benzene rings is 3. The largest absolute Gasteiger partial charge is 0.497 e. The fraction of sp³-hybridized carbons (Fsp3) is 0.394. The van der Waals surface area contributed by atoms with Gasteiger partial charge in [0.05, 0.1) is 31.9 Å². The molecule has 0 fully saturated rings. The molecule has 3 rings (SSSR count). The topological polar surface area (TPSA) is 114 Å². The van der Waals surface area contributed by atoms with Gasteiger partial charge in [-0.1, -0.05) is 50.1 Å². The third-order valence-corrected chi connectivity index (χ3v) is 9.02. The van der Waals surface area contributed by atoms with E-state index in [0.717, 1.165) is 28.3 Å². The van der Waals surface area contributed by atoms with Gasteiger partial charge in [-0.2, -0.15) is 0 Å². The predicted molar refractivity (Wildman–Crippen MR) is 171 cm³/mol. The number of rotatable bonds is 16. The van der Waals surface area contributed by atoms with Crippen LogP contribution in [0.5, 0.6) is 17.2 Å². The number of nitrogens with zero attached hydrogens (tertiary/aromatic N) is 2. The molecule has 2 amide bonds. The summed E-state index contributed by atoms with van der Waals surface area (Å²) in [5.41, 5.74) is 1.97. The molecule has 10 nitrogen and oxygen atoms in total. The lowest BCUT2D eigenvalue weighted by Gasteiger charge is -2.33. The number of unbranched alkanes of at least 4 members (excludes halogenated alkanes) is 1. The summed E-state index contributed by atoms with van der Waals surface area (Å²) in [7, 11) is 0.155. The van der Waals surface area contributed by atoms with Gasteiger partial charge in [0.1, 0.15) is 18.3 Å². The highest BCUT2D eigenvalue weighted by Gasteiger charge is 2.34. The molecule has 0 unspecified atom stereocenters. The van der Waals surface area contributed by atoms with Gasteiger partial charge in [0.25, 0.3) is 10.0 Å². The Hall–Kier alpha value is -4.25. The minimum Gasteiger partial charge on any atom is -0.497 e. The van der Waals surface area contributed by atoms with Crippen LogP contribution in [0.1, 0.15) is 44.2 Å². The van der Waals surface area contributed by atoms with Crippen LogP contribution in [0.2, 0.25) is 0 Å². The lowest BCUT2D eigenvalue weighted by atomic mass is 10.1. The predicted octanol–water partition coefficient (Wildman–Crippen LogP) is 4.94. The van der Waals surface area contributed by atoms with Gasteiger partial charge in [-0.15, -0.1) is 0 Å². The molecule has 0 aliphatic carbocycles. The number of methoxy groups -OCH3 is 3. The second-order valence-corrected chi connectivity index (χ2v) is 12.2. The molecule has 0 aliphatic rings. The summed E-state index contributed by atoms with van der Waals surface area (Å²) in [6, 6.07) is 17.5. The van der Waals surface area contributed by atoms with E-state index in [1.54, 1.807) is 49.6 Å². The molecule has 0 aliphatic heterocycles. The van der Waals surface area contributed by atoms with Gasteiger partial charge in [-0.25, -0.2) is 8.42 Å². The molecule has 3 aromatic rings. The van der Waals surface area contributed by atoms with Crippen molar-refractivity contribution in [3.63, 3.8) is 0 Å². The van der Waals surface area contributed by atoms with E-state index in [1.165, 1.54) is 37.3 Å². The fourth-order valence-corrected chi connectivity index (χ4v) is 6.17. The van der Waals surface area contributed by atoms with E-state index in [-0.39, 0.29) is 23.1 Å². The number of sulfonamides is 1. The molecule has 0 saturated carbocycles. The molecule has 0 aromatic heterocycles. The summed E-state index contributed by atoms with van der Waals surface area (Å²) in [5.74, 6) is 0.386. The molecular weight excluding hydrogens is 582 g/mol. The van der Waals surface area contributed by atoms with E-state index >= 15 is 0 Å². The quantitative estimate of drug-likeness (QED) is 0.224. The average molecular weight is 626 g/mol. The van der Waals surface area contributed by atoms with Crippen LogP contribution in [0.15, 0.2) is 71.6 Å². The molecule has 44 heavy (non-hydrogen) atoms. The number of carbonyl (C=O) groups excluding carboxylic acids is 2. The molecule has 1 atom stereocenters. The Bertz CT molecular complexity index is 1510. The smallest absolute Gasteiger partial charge is 0.264 e. The number of nitrogens with one attached hydrogen (secondary N) is 1. The van der Waals surface area contributed by atoms with Crippen molar-refractivity contribution < 1.29 is 32.2 Å². The normalized spacial score (nSPS) is 11.8. The van der Waals surface area contributed by atoms with E-state index in [1.807, 2.05) is 26.8 Å². The molecule has 3 aromatic carbocycles. The molecule has 0 heterocycles. The highest BCUT2D eigenvalue weighted by Crippen LogP contribution is 2.32. The van der Waals surface area contributed by atoms with Crippen LogP contribution in [0.4, 0.5) is 5.69 Å². The van der Waals surface area contributed by atoms with Crippen molar-refractivity contribution in [2.75, 3.05) is 38.7 Å². The number of anilines is 1. The van der Waals surface area contributed by atoms with Gasteiger partial charge >= 0.3 is 0 Å². The second-order valence-electron chi connectivity index (χ2n) is 10.3. The molecule has 11 heteroatoms. The van der Waals surface area contributed by atoms with Gasteiger partial charge < -0.3 is 24.4 Å². The minimum atomic E-state index is -4.28. The number of carbonyl (C=O) groups is 2. The number of aryl methyl sites for hydroxylation is 1. The summed E-state index contributed by atoms with van der Waals surface area (Å²) >= 11 is 0. The van der Waals surface area contributed by atoms with Crippen molar-refractivity contribution in [3.8, 4) is 17.2 Å². The van der Waals surface area contributed by atoms with Crippen molar-refractivity contribution in [2.45, 2.75) is 57.5 Å². The maximum absolute atomic E-state index is 14.3. The third kappa shape index (κ3) is 8.43. The van der Waals surface area contributed by atoms with Gasteiger partial charge in [0.2, 0.25) is 11.8 Å². The second kappa shape index (κ2) is 16.0. The van der Waals surface area contributed by atoms with E-state index in [9.17, 15) is 18.0 Å². The van der Waals surface area contributed by atoms with E-state index < -0.39 is 28.5 Å². The summed E-state index contributed by atoms with van der Waals surface area (Å²) in [6.07, 6.45) is 2.04. The van der Waals surface area contributed by atoms with E-state index in [0.29, 0.717) is 30.2 Å². The maximum Gasteiger partial charge on any atom is 0.264 e. The van der Waals surface area contributed by atoms with Crippen LogP contribution in [0.25, 0.3) is 0 Å². The molecule has 0 bridgehead atoms.